The Kier molecular flexibility index (Phi) is 3.62. The summed E-state index contributed by atoms with van der Waals surface area (Å²) in [6.07, 6.45) is 0. The van der Waals surface area contributed by atoms with E-state index in [1.54, 1.807) is 0 Å². The van der Waals surface area contributed by atoms with Crippen molar-refractivity contribution in [3.05, 3.63) is 57.0 Å². The van der Waals surface area contributed by atoms with Gasteiger partial charge >= 0.3 is 0 Å². The van der Waals surface area contributed by atoms with Crippen LogP contribution in [0.25, 0.3) is 0 Å². The second-order valence-corrected chi connectivity index (χ2v) is 8.08. The molecule has 0 fully saturated rings. The molecule has 0 amide bonds. The quantitative estimate of drug-likeness (QED) is 0.693. The fourth-order valence-electron chi connectivity index (χ4n) is 1.60. The maximum atomic E-state index is 2.27. The van der Waals surface area contributed by atoms with Gasteiger partial charge < -0.3 is 0 Å². The molecule has 1 aromatic carbocycles. The van der Waals surface area contributed by atoms with Crippen LogP contribution < -0.4 is 0 Å². The van der Waals surface area contributed by atoms with Gasteiger partial charge in [0, 0.05) is 0 Å². The monoisotopic (exact) mass is 282 g/mol. The highest BCUT2D eigenvalue weighted by atomic mass is 32.2. The third-order valence-corrected chi connectivity index (χ3v) is 7.33. The van der Waals surface area contributed by atoms with Crippen LogP contribution in [0.3, 0.4) is 0 Å². The smallest absolute Gasteiger partial charge is 0.0834 e. The first kappa shape index (κ1) is 11.2. The van der Waals surface area contributed by atoms with E-state index < -0.39 is 0 Å². The average Bonchev–Trinajstić information content (AvgIpc) is 3.03. The average molecular weight is 282 g/mol. The Hall–Kier alpha value is 0.1000. The third kappa shape index (κ3) is 2.35. The highest BCUT2D eigenvalue weighted by Gasteiger charge is 2.17. The number of hydrogen-bond acceptors (Lipinski definition) is 4. The van der Waals surface area contributed by atoms with Crippen LogP contribution in [0.1, 0.15) is 20.3 Å². The van der Waals surface area contributed by atoms with Gasteiger partial charge in [0.2, 0.25) is 0 Å². The molecule has 0 atom stereocenters. The number of benzene rings is 1. The van der Waals surface area contributed by atoms with Gasteiger partial charge in [-0.05, 0) is 32.8 Å². The molecule has 0 saturated heterocycles. The van der Waals surface area contributed by atoms with Crippen LogP contribution in [-0.2, 0) is 0 Å². The van der Waals surface area contributed by atoms with E-state index in [9.17, 15) is 0 Å². The minimum Gasteiger partial charge on any atom is -0.114 e. The Morgan fingerprint density at radius 1 is 0.562 bits per heavy atom. The first-order valence-electron chi connectivity index (χ1n) is 4.95. The topological polar surface area (TPSA) is 0 Å². The molecular weight excluding hydrogens is 272 g/mol. The molecule has 4 heteroatoms. The second-order valence-electron chi connectivity index (χ2n) is 3.42. The minimum atomic E-state index is 0.566. The Bertz CT molecular complexity index is 364. The lowest BCUT2D eigenvalue weighted by Gasteiger charge is -2.11. The van der Waals surface area contributed by atoms with Crippen molar-refractivity contribution in [2.24, 2.45) is 0 Å². The maximum absolute atomic E-state index is 2.27. The molecule has 2 aliphatic heterocycles. The number of rotatable bonds is 2. The van der Waals surface area contributed by atoms with Crippen LogP contribution in [0.5, 0.6) is 0 Å². The zero-order valence-corrected chi connectivity index (χ0v) is 11.7. The normalized spacial score (nSPS) is 21.0. The van der Waals surface area contributed by atoms with Crippen LogP contribution in [-0.4, -0.2) is 0 Å². The molecule has 0 N–H and O–H groups in total. The van der Waals surface area contributed by atoms with Gasteiger partial charge in [-0.1, -0.05) is 24.3 Å². The fourth-order valence-corrected chi connectivity index (χ4v) is 5.74. The lowest BCUT2D eigenvalue weighted by Crippen LogP contribution is -1.88. The van der Waals surface area contributed by atoms with Crippen molar-refractivity contribution in [1.82, 2.24) is 0 Å². The van der Waals surface area contributed by atoms with Crippen molar-refractivity contribution in [1.29, 1.82) is 0 Å². The Morgan fingerprint density at radius 3 is 1.19 bits per heavy atom. The van der Waals surface area contributed by atoms with Gasteiger partial charge in [-0.2, -0.15) is 0 Å². The maximum Gasteiger partial charge on any atom is 0.0834 e. The number of thioether (sulfide) groups is 4. The van der Waals surface area contributed by atoms with Gasteiger partial charge in [-0.3, -0.25) is 0 Å². The summed E-state index contributed by atoms with van der Waals surface area (Å²) in [5, 5.41) is 8.71. The lowest BCUT2D eigenvalue weighted by molar-refractivity contribution is 1.32. The van der Waals surface area contributed by atoms with Crippen molar-refractivity contribution in [3.8, 4) is 0 Å². The zero-order chi connectivity index (χ0) is 10.8. The van der Waals surface area contributed by atoms with E-state index in [0.717, 1.165) is 0 Å². The summed E-state index contributed by atoms with van der Waals surface area (Å²) in [4.78, 5) is 0. The van der Waals surface area contributed by atoms with E-state index in [1.165, 1.54) is 11.1 Å². The first-order chi connectivity index (χ1) is 7.93. The molecule has 82 valence electrons. The summed E-state index contributed by atoms with van der Waals surface area (Å²) in [5.41, 5.74) is 2.84. The van der Waals surface area contributed by atoms with Gasteiger partial charge in [-0.15, -0.1) is 47.0 Å². The molecule has 0 unspecified atom stereocenters. The summed E-state index contributed by atoms with van der Waals surface area (Å²) >= 11 is 7.57. The van der Waals surface area contributed by atoms with E-state index in [0.29, 0.717) is 9.16 Å². The SMILES string of the molecule is C1=CSC(c2ccc(C3SC=CS3)cc2)S1. The second kappa shape index (κ2) is 5.17. The largest absolute Gasteiger partial charge is 0.114 e. The predicted molar refractivity (Wildman–Crippen MR) is 80.6 cm³/mol. The molecule has 16 heavy (non-hydrogen) atoms. The summed E-state index contributed by atoms with van der Waals surface area (Å²) < 4.78 is 1.13. The standard InChI is InChI=1S/C12H10S4/c1-2-10(12-15-7-8-16-12)4-3-9(1)11-13-5-6-14-11/h1-8,11-12H. The van der Waals surface area contributed by atoms with E-state index in [1.807, 2.05) is 47.0 Å². The molecule has 1 aromatic rings. The van der Waals surface area contributed by atoms with Gasteiger partial charge in [0.1, 0.15) is 0 Å². The molecule has 0 nitrogen and oxygen atoms in total. The fraction of sp³-hybridized carbons (Fsp3) is 0.167. The third-order valence-electron chi connectivity index (χ3n) is 2.40. The summed E-state index contributed by atoms with van der Waals surface area (Å²) in [6.45, 7) is 0. The predicted octanol–water partition coefficient (Wildman–Crippen LogP) is 5.59. The van der Waals surface area contributed by atoms with E-state index in [2.05, 4.69) is 45.9 Å². The Morgan fingerprint density at radius 2 is 0.875 bits per heavy atom. The van der Waals surface area contributed by atoms with Gasteiger partial charge in [0.15, 0.2) is 0 Å². The van der Waals surface area contributed by atoms with Crippen LogP contribution in [0.4, 0.5) is 0 Å². The van der Waals surface area contributed by atoms with Crippen molar-refractivity contribution in [2.45, 2.75) is 9.16 Å². The summed E-state index contributed by atoms with van der Waals surface area (Å²) in [5.74, 6) is 0. The molecule has 0 spiro atoms. The molecule has 3 rings (SSSR count). The number of hydrogen-bond donors (Lipinski definition) is 0. The molecular formula is C12H10S4. The van der Waals surface area contributed by atoms with Crippen LogP contribution in [0, 0.1) is 0 Å². The van der Waals surface area contributed by atoms with E-state index in [-0.39, 0.29) is 0 Å². The van der Waals surface area contributed by atoms with E-state index >= 15 is 0 Å². The summed E-state index contributed by atoms with van der Waals surface area (Å²) in [7, 11) is 0. The van der Waals surface area contributed by atoms with E-state index in [4.69, 9.17) is 0 Å². The van der Waals surface area contributed by atoms with Gasteiger partial charge in [0.05, 0.1) is 9.16 Å². The molecule has 0 aliphatic carbocycles. The minimum absolute atomic E-state index is 0.566. The van der Waals surface area contributed by atoms with Crippen molar-refractivity contribution in [2.75, 3.05) is 0 Å². The molecule has 0 radical (unpaired) electrons. The van der Waals surface area contributed by atoms with Crippen LogP contribution in [0.2, 0.25) is 0 Å². The Labute approximate surface area is 113 Å². The molecule has 0 aromatic heterocycles. The molecule has 0 saturated carbocycles. The van der Waals surface area contributed by atoms with Crippen molar-refractivity contribution >= 4 is 47.0 Å². The van der Waals surface area contributed by atoms with Crippen LogP contribution in [0.15, 0.2) is 45.9 Å². The van der Waals surface area contributed by atoms with Crippen molar-refractivity contribution < 1.29 is 0 Å². The lowest BCUT2D eigenvalue weighted by atomic mass is 10.2. The molecule has 2 aliphatic rings. The zero-order valence-electron chi connectivity index (χ0n) is 8.41. The van der Waals surface area contributed by atoms with Crippen LogP contribution >= 0.6 is 47.0 Å². The highest BCUT2D eigenvalue weighted by Crippen LogP contribution is 2.48. The Balaban J connectivity index is 1.74. The van der Waals surface area contributed by atoms with Crippen molar-refractivity contribution in [3.63, 3.8) is 0 Å². The summed E-state index contributed by atoms with van der Waals surface area (Å²) in [6, 6.07) is 9.08. The molecule has 2 heterocycles. The first-order valence-corrected chi connectivity index (χ1v) is 8.72. The van der Waals surface area contributed by atoms with Gasteiger partial charge in [0.25, 0.3) is 0 Å². The highest BCUT2D eigenvalue weighted by molar-refractivity contribution is 8.22. The van der Waals surface area contributed by atoms with Gasteiger partial charge in [-0.25, -0.2) is 0 Å². The molecule has 0 bridgehead atoms.